The molecule has 1 saturated heterocycles. The Labute approximate surface area is 128 Å². The van der Waals surface area contributed by atoms with Crippen molar-refractivity contribution >= 4 is 17.5 Å². The minimum atomic E-state index is -0.437. The second-order valence-corrected chi connectivity index (χ2v) is 5.09. The van der Waals surface area contributed by atoms with Crippen molar-refractivity contribution in [1.82, 2.24) is 5.32 Å². The minimum absolute atomic E-state index is 0.0771. The molecule has 5 heteroatoms. The third-order valence-electron chi connectivity index (χ3n) is 3.41. The fraction of sp³-hybridized carbons (Fsp3) is 0.176. The third-order valence-corrected chi connectivity index (χ3v) is 3.41. The fourth-order valence-electron chi connectivity index (χ4n) is 2.27. The zero-order valence-corrected chi connectivity index (χ0v) is 11.9. The molecule has 1 aliphatic rings. The number of rotatable bonds is 4. The highest BCUT2D eigenvalue weighted by Gasteiger charge is 2.26. The van der Waals surface area contributed by atoms with Gasteiger partial charge in [-0.15, -0.1) is 0 Å². The smallest absolute Gasteiger partial charge is 0.246 e. The van der Waals surface area contributed by atoms with Gasteiger partial charge in [-0.3, -0.25) is 9.59 Å². The van der Waals surface area contributed by atoms with Gasteiger partial charge in [0.25, 0.3) is 0 Å². The molecule has 0 aromatic heterocycles. The zero-order chi connectivity index (χ0) is 15.4. The molecule has 22 heavy (non-hydrogen) atoms. The number of anilines is 1. The first kappa shape index (κ1) is 14.1. The van der Waals surface area contributed by atoms with Crippen molar-refractivity contribution in [3.8, 4) is 11.5 Å². The maximum Gasteiger partial charge on any atom is 0.246 e. The molecule has 1 atom stereocenters. The predicted molar refractivity (Wildman–Crippen MR) is 82.8 cm³/mol. The molecule has 5 nitrogen and oxygen atoms in total. The van der Waals surface area contributed by atoms with Crippen molar-refractivity contribution in [2.24, 2.45) is 0 Å². The molecule has 0 spiro atoms. The van der Waals surface area contributed by atoms with Gasteiger partial charge >= 0.3 is 0 Å². The molecule has 2 N–H and O–H groups in total. The lowest BCUT2D eigenvalue weighted by Crippen LogP contribution is -2.37. The Balaban J connectivity index is 1.59. The molecule has 0 saturated carbocycles. The van der Waals surface area contributed by atoms with Crippen LogP contribution in [0.5, 0.6) is 11.5 Å². The SMILES string of the molecule is O=C1CCC(C(=O)Nc2ccc(Oc3ccccc3)cc2)N1. The summed E-state index contributed by atoms with van der Waals surface area (Å²) in [7, 11) is 0. The van der Waals surface area contributed by atoms with Crippen LogP contribution in [0.15, 0.2) is 54.6 Å². The summed E-state index contributed by atoms with van der Waals surface area (Å²) in [6.07, 6.45) is 0.946. The summed E-state index contributed by atoms with van der Waals surface area (Å²) in [6.45, 7) is 0. The van der Waals surface area contributed by atoms with Crippen LogP contribution in [-0.2, 0) is 9.59 Å². The van der Waals surface area contributed by atoms with Crippen LogP contribution in [0.2, 0.25) is 0 Å². The second-order valence-electron chi connectivity index (χ2n) is 5.09. The molecule has 0 bridgehead atoms. The highest BCUT2D eigenvalue weighted by Crippen LogP contribution is 2.22. The van der Waals surface area contributed by atoms with E-state index < -0.39 is 6.04 Å². The number of para-hydroxylation sites is 1. The van der Waals surface area contributed by atoms with Gasteiger partial charge in [0.1, 0.15) is 17.5 Å². The summed E-state index contributed by atoms with van der Waals surface area (Å²) in [4.78, 5) is 23.1. The molecule has 0 aliphatic carbocycles. The molecule has 2 aromatic carbocycles. The van der Waals surface area contributed by atoms with E-state index in [2.05, 4.69) is 10.6 Å². The van der Waals surface area contributed by atoms with E-state index in [4.69, 9.17) is 4.74 Å². The normalized spacial score (nSPS) is 16.9. The highest BCUT2D eigenvalue weighted by atomic mass is 16.5. The van der Waals surface area contributed by atoms with E-state index in [0.717, 1.165) is 5.75 Å². The van der Waals surface area contributed by atoms with Gasteiger partial charge in [0.05, 0.1) is 0 Å². The van der Waals surface area contributed by atoms with Gasteiger partial charge in [-0.25, -0.2) is 0 Å². The quantitative estimate of drug-likeness (QED) is 0.911. The first-order valence-electron chi connectivity index (χ1n) is 7.14. The molecule has 1 unspecified atom stereocenters. The fourth-order valence-corrected chi connectivity index (χ4v) is 2.27. The van der Waals surface area contributed by atoms with E-state index in [0.29, 0.717) is 24.3 Å². The summed E-state index contributed by atoms with van der Waals surface area (Å²) < 4.78 is 5.68. The summed E-state index contributed by atoms with van der Waals surface area (Å²) in [5.41, 5.74) is 0.673. The number of hydrogen-bond acceptors (Lipinski definition) is 3. The van der Waals surface area contributed by atoms with Crippen molar-refractivity contribution < 1.29 is 14.3 Å². The van der Waals surface area contributed by atoms with Crippen LogP contribution in [0.4, 0.5) is 5.69 Å². The molecule has 0 radical (unpaired) electrons. The number of carbonyl (C=O) groups is 2. The number of nitrogens with one attached hydrogen (secondary N) is 2. The van der Waals surface area contributed by atoms with E-state index in [-0.39, 0.29) is 11.8 Å². The van der Waals surface area contributed by atoms with Crippen LogP contribution in [0, 0.1) is 0 Å². The lowest BCUT2D eigenvalue weighted by Gasteiger charge is -2.11. The Morgan fingerprint density at radius 3 is 2.36 bits per heavy atom. The Morgan fingerprint density at radius 1 is 1.05 bits per heavy atom. The van der Waals surface area contributed by atoms with Crippen LogP contribution in [0.3, 0.4) is 0 Å². The van der Waals surface area contributed by atoms with Crippen molar-refractivity contribution in [1.29, 1.82) is 0 Å². The average molecular weight is 296 g/mol. The standard InChI is InChI=1S/C17H16N2O3/c20-16-11-10-15(19-16)17(21)18-12-6-8-14(9-7-12)22-13-4-2-1-3-5-13/h1-9,15H,10-11H2,(H,18,21)(H,19,20). The molecule has 2 aromatic rings. The number of carbonyl (C=O) groups excluding carboxylic acids is 2. The van der Waals surface area contributed by atoms with Gasteiger partial charge < -0.3 is 15.4 Å². The molecule has 3 rings (SSSR count). The lowest BCUT2D eigenvalue weighted by atomic mass is 10.2. The van der Waals surface area contributed by atoms with Crippen LogP contribution >= 0.6 is 0 Å². The number of benzene rings is 2. The third kappa shape index (κ3) is 3.44. The van der Waals surface area contributed by atoms with Gasteiger partial charge in [-0.05, 0) is 42.8 Å². The van der Waals surface area contributed by atoms with Crippen LogP contribution < -0.4 is 15.4 Å². The van der Waals surface area contributed by atoms with Crippen LogP contribution in [0.25, 0.3) is 0 Å². The van der Waals surface area contributed by atoms with E-state index in [1.807, 2.05) is 30.3 Å². The van der Waals surface area contributed by atoms with Gasteiger partial charge in [0.2, 0.25) is 11.8 Å². The van der Waals surface area contributed by atoms with Gasteiger partial charge in [0.15, 0.2) is 0 Å². The van der Waals surface area contributed by atoms with Crippen molar-refractivity contribution in [3.05, 3.63) is 54.6 Å². The Hall–Kier alpha value is -2.82. The monoisotopic (exact) mass is 296 g/mol. The molecule has 112 valence electrons. The summed E-state index contributed by atoms with van der Waals surface area (Å²) >= 11 is 0. The highest BCUT2D eigenvalue weighted by molar-refractivity contribution is 5.98. The average Bonchev–Trinajstić information content (AvgIpc) is 2.97. The minimum Gasteiger partial charge on any atom is -0.457 e. The first-order valence-corrected chi connectivity index (χ1v) is 7.14. The summed E-state index contributed by atoms with van der Waals surface area (Å²) in [5.74, 6) is 1.18. The van der Waals surface area contributed by atoms with Crippen molar-refractivity contribution in [2.45, 2.75) is 18.9 Å². The van der Waals surface area contributed by atoms with Gasteiger partial charge in [-0.2, -0.15) is 0 Å². The number of hydrogen-bond donors (Lipinski definition) is 2. The Kier molecular flexibility index (Phi) is 4.05. The molecular weight excluding hydrogens is 280 g/mol. The maximum atomic E-state index is 12.0. The topological polar surface area (TPSA) is 67.4 Å². The predicted octanol–water partition coefficient (Wildman–Crippen LogP) is 2.70. The largest absolute Gasteiger partial charge is 0.457 e. The number of ether oxygens (including phenoxy) is 1. The van der Waals surface area contributed by atoms with Crippen molar-refractivity contribution in [2.75, 3.05) is 5.32 Å². The van der Waals surface area contributed by atoms with Gasteiger partial charge in [-0.1, -0.05) is 18.2 Å². The maximum absolute atomic E-state index is 12.0. The first-order chi connectivity index (χ1) is 10.7. The van der Waals surface area contributed by atoms with Gasteiger partial charge in [0, 0.05) is 12.1 Å². The molecule has 1 aliphatic heterocycles. The lowest BCUT2D eigenvalue weighted by molar-refractivity contribution is -0.122. The summed E-state index contributed by atoms with van der Waals surface area (Å²) in [5, 5.41) is 5.43. The number of amides is 2. The second kappa shape index (κ2) is 6.30. The molecular formula is C17H16N2O3. The van der Waals surface area contributed by atoms with E-state index in [1.165, 1.54) is 0 Å². The molecule has 1 heterocycles. The Morgan fingerprint density at radius 2 is 1.73 bits per heavy atom. The molecule has 1 fully saturated rings. The van der Waals surface area contributed by atoms with E-state index in [9.17, 15) is 9.59 Å². The zero-order valence-electron chi connectivity index (χ0n) is 11.9. The van der Waals surface area contributed by atoms with E-state index >= 15 is 0 Å². The van der Waals surface area contributed by atoms with Crippen molar-refractivity contribution in [3.63, 3.8) is 0 Å². The van der Waals surface area contributed by atoms with Crippen LogP contribution in [-0.4, -0.2) is 17.9 Å². The van der Waals surface area contributed by atoms with Crippen LogP contribution in [0.1, 0.15) is 12.8 Å². The summed E-state index contributed by atoms with van der Waals surface area (Å²) in [6, 6.07) is 16.2. The van der Waals surface area contributed by atoms with E-state index in [1.54, 1.807) is 24.3 Å². The Bertz CT molecular complexity index is 668. The molecule has 2 amide bonds.